The zero-order valence-corrected chi connectivity index (χ0v) is 9.21. The summed E-state index contributed by atoms with van der Waals surface area (Å²) in [5.41, 5.74) is 2.72. The van der Waals surface area contributed by atoms with Crippen molar-refractivity contribution in [3.05, 3.63) is 41.5 Å². The van der Waals surface area contributed by atoms with Crippen molar-refractivity contribution >= 4 is 0 Å². The minimum Gasteiger partial charge on any atom is -0.497 e. The van der Waals surface area contributed by atoms with Gasteiger partial charge in [-0.15, -0.1) is 0 Å². The molecule has 0 radical (unpaired) electrons. The zero-order valence-electron chi connectivity index (χ0n) is 9.21. The van der Waals surface area contributed by atoms with Crippen LogP contribution in [0.2, 0.25) is 0 Å². The average Bonchev–Trinajstić information content (AvgIpc) is 2.20. The van der Waals surface area contributed by atoms with Gasteiger partial charge in [0.25, 0.3) is 0 Å². The van der Waals surface area contributed by atoms with E-state index in [0.717, 1.165) is 18.6 Å². The molecule has 0 bridgehead atoms. The summed E-state index contributed by atoms with van der Waals surface area (Å²) < 4.78 is 5.16. The first-order valence-electron chi connectivity index (χ1n) is 5.02. The monoisotopic (exact) mass is 190 g/mol. The number of hydrogen-bond acceptors (Lipinski definition) is 1. The number of rotatable bonds is 4. The molecule has 0 N–H and O–H groups in total. The largest absolute Gasteiger partial charge is 0.497 e. The molecule has 0 spiro atoms. The number of ether oxygens (including phenoxy) is 1. The van der Waals surface area contributed by atoms with E-state index in [9.17, 15) is 0 Å². The lowest BCUT2D eigenvalue weighted by atomic mass is 10.0. The minimum atomic E-state index is 0.942. The highest BCUT2D eigenvalue weighted by atomic mass is 16.5. The van der Waals surface area contributed by atoms with E-state index in [1.54, 1.807) is 7.11 Å². The molecule has 0 aliphatic heterocycles. The first-order chi connectivity index (χ1) is 6.77. The number of allylic oxidation sites excluding steroid dienone is 2. The van der Waals surface area contributed by atoms with Gasteiger partial charge in [0.15, 0.2) is 0 Å². The van der Waals surface area contributed by atoms with E-state index in [4.69, 9.17) is 4.74 Å². The van der Waals surface area contributed by atoms with Crippen molar-refractivity contribution in [1.82, 2.24) is 0 Å². The molecular weight excluding hydrogens is 172 g/mol. The van der Waals surface area contributed by atoms with Crippen molar-refractivity contribution in [3.63, 3.8) is 0 Å². The second-order valence-electron chi connectivity index (χ2n) is 3.40. The highest BCUT2D eigenvalue weighted by molar-refractivity contribution is 5.34. The highest BCUT2D eigenvalue weighted by Gasteiger charge is 1.98. The summed E-state index contributed by atoms with van der Waals surface area (Å²) in [4.78, 5) is 0. The van der Waals surface area contributed by atoms with Crippen LogP contribution in [-0.4, -0.2) is 7.11 Å². The van der Waals surface area contributed by atoms with Gasteiger partial charge in [0.1, 0.15) is 5.75 Å². The smallest absolute Gasteiger partial charge is 0.119 e. The normalized spacial score (nSPS) is 10.8. The van der Waals surface area contributed by atoms with Crippen LogP contribution in [0.4, 0.5) is 0 Å². The molecular formula is C13H18O. The molecule has 1 aromatic rings. The van der Waals surface area contributed by atoms with Gasteiger partial charge in [-0.05, 0) is 49.9 Å². The van der Waals surface area contributed by atoms with Gasteiger partial charge in [0.2, 0.25) is 0 Å². The van der Waals surface area contributed by atoms with E-state index in [-0.39, 0.29) is 0 Å². The average molecular weight is 190 g/mol. The molecule has 0 saturated heterocycles. The van der Waals surface area contributed by atoms with Crippen molar-refractivity contribution in [1.29, 1.82) is 0 Å². The molecule has 14 heavy (non-hydrogen) atoms. The number of benzene rings is 1. The van der Waals surface area contributed by atoms with Gasteiger partial charge in [-0.1, -0.05) is 18.2 Å². The number of aryl methyl sites for hydroxylation is 2. The summed E-state index contributed by atoms with van der Waals surface area (Å²) in [5.74, 6) is 0.942. The number of hydrogen-bond donors (Lipinski definition) is 0. The quantitative estimate of drug-likeness (QED) is 0.660. The molecule has 1 aromatic carbocycles. The Hall–Kier alpha value is -1.24. The Labute approximate surface area is 86.4 Å². The lowest BCUT2D eigenvalue weighted by Gasteiger charge is -2.06. The van der Waals surface area contributed by atoms with Crippen molar-refractivity contribution in [2.24, 2.45) is 0 Å². The fourth-order valence-corrected chi connectivity index (χ4v) is 1.48. The summed E-state index contributed by atoms with van der Waals surface area (Å²) in [6, 6.07) is 6.26. The van der Waals surface area contributed by atoms with Crippen LogP contribution >= 0.6 is 0 Å². The van der Waals surface area contributed by atoms with Gasteiger partial charge in [-0.3, -0.25) is 0 Å². The number of methoxy groups -OCH3 is 1. The van der Waals surface area contributed by atoms with Gasteiger partial charge in [-0.25, -0.2) is 0 Å². The predicted octanol–water partition coefficient (Wildman–Crippen LogP) is 3.51. The van der Waals surface area contributed by atoms with E-state index in [2.05, 4.69) is 38.1 Å². The Balaban J connectivity index is 2.68. The summed E-state index contributed by atoms with van der Waals surface area (Å²) >= 11 is 0. The van der Waals surface area contributed by atoms with Gasteiger partial charge < -0.3 is 4.74 Å². The third kappa shape index (κ3) is 2.91. The van der Waals surface area contributed by atoms with E-state index in [1.807, 2.05) is 6.07 Å². The maximum Gasteiger partial charge on any atom is 0.119 e. The van der Waals surface area contributed by atoms with Crippen LogP contribution in [0.25, 0.3) is 0 Å². The Morgan fingerprint density at radius 3 is 2.71 bits per heavy atom. The van der Waals surface area contributed by atoms with Crippen molar-refractivity contribution in [2.75, 3.05) is 7.11 Å². The van der Waals surface area contributed by atoms with Crippen molar-refractivity contribution < 1.29 is 4.74 Å². The Morgan fingerprint density at radius 1 is 1.36 bits per heavy atom. The maximum absolute atomic E-state index is 5.16. The van der Waals surface area contributed by atoms with E-state index < -0.39 is 0 Å². The molecule has 1 nitrogen and oxygen atoms in total. The fourth-order valence-electron chi connectivity index (χ4n) is 1.48. The first-order valence-corrected chi connectivity index (χ1v) is 5.02. The van der Waals surface area contributed by atoms with Crippen LogP contribution < -0.4 is 4.74 Å². The Morgan fingerprint density at radius 2 is 2.14 bits per heavy atom. The fraction of sp³-hybridized carbons (Fsp3) is 0.385. The molecule has 0 atom stereocenters. The van der Waals surface area contributed by atoms with Crippen molar-refractivity contribution in [3.8, 4) is 5.75 Å². The molecule has 0 unspecified atom stereocenters. The van der Waals surface area contributed by atoms with Gasteiger partial charge in [0.05, 0.1) is 7.11 Å². The van der Waals surface area contributed by atoms with Crippen LogP contribution in [0.15, 0.2) is 30.4 Å². The molecule has 0 aliphatic rings. The zero-order chi connectivity index (χ0) is 10.4. The topological polar surface area (TPSA) is 9.23 Å². The second-order valence-corrected chi connectivity index (χ2v) is 3.40. The lowest BCUT2D eigenvalue weighted by molar-refractivity contribution is 0.414. The Bertz CT molecular complexity index is 313. The van der Waals surface area contributed by atoms with Crippen LogP contribution in [0.3, 0.4) is 0 Å². The van der Waals surface area contributed by atoms with E-state index >= 15 is 0 Å². The van der Waals surface area contributed by atoms with Gasteiger partial charge in [0, 0.05) is 0 Å². The molecule has 0 amide bonds. The maximum atomic E-state index is 5.16. The first kappa shape index (κ1) is 10.8. The minimum absolute atomic E-state index is 0.942. The molecule has 0 fully saturated rings. The van der Waals surface area contributed by atoms with Crippen LogP contribution in [-0.2, 0) is 6.42 Å². The van der Waals surface area contributed by atoms with Gasteiger partial charge >= 0.3 is 0 Å². The second kappa shape index (κ2) is 5.48. The summed E-state index contributed by atoms with van der Waals surface area (Å²) in [7, 11) is 1.70. The predicted molar refractivity (Wildman–Crippen MR) is 60.9 cm³/mol. The van der Waals surface area contributed by atoms with Crippen LogP contribution in [0, 0.1) is 6.92 Å². The molecule has 0 aliphatic carbocycles. The standard InChI is InChI=1S/C13H18O/c1-4-5-6-7-12-8-9-13(14-3)10-11(12)2/h4-5,8-10H,6-7H2,1-3H3/b5-4-. The van der Waals surface area contributed by atoms with Crippen molar-refractivity contribution in [2.45, 2.75) is 26.7 Å². The SMILES string of the molecule is C/C=C\CCc1ccc(OC)cc1C. The summed E-state index contributed by atoms with van der Waals surface area (Å²) in [6.07, 6.45) is 6.52. The molecule has 0 saturated carbocycles. The molecule has 76 valence electrons. The molecule has 0 aromatic heterocycles. The summed E-state index contributed by atoms with van der Waals surface area (Å²) in [5, 5.41) is 0. The third-order valence-corrected chi connectivity index (χ3v) is 2.37. The molecule has 0 heterocycles. The van der Waals surface area contributed by atoms with Crippen LogP contribution in [0.5, 0.6) is 5.75 Å². The lowest BCUT2D eigenvalue weighted by Crippen LogP contribution is -1.90. The van der Waals surface area contributed by atoms with E-state index in [0.29, 0.717) is 0 Å². The van der Waals surface area contributed by atoms with E-state index in [1.165, 1.54) is 11.1 Å². The Kier molecular flexibility index (Phi) is 4.24. The van der Waals surface area contributed by atoms with Gasteiger partial charge in [-0.2, -0.15) is 0 Å². The summed E-state index contributed by atoms with van der Waals surface area (Å²) in [6.45, 7) is 4.19. The third-order valence-electron chi connectivity index (χ3n) is 2.37. The molecule has 1 heteroatoms. The molecule has 1 rings (SSSR count). The highest BCUT2D eigenvalue weighted by Crippen LogP contribution is 2.18. The van der Waals surface area contributed by atoms with Crippen LogP contribution in [0.1, 0.15) is 24.5 Å².